The van der Waals surface area contributed by atoms with Gasteiger partial charge in [-0.25, -0.2) is 0 Å². The van der Waals surface area contributed by atoms with E-state index < -0.39 is 11.9 Å². The van der Waals surface area contributed by atoms with Crippen molar-refractivity contribution in [3.05, 3.63) is 64.4 Å². The molecule has 0 aliphatic rings. The molecule has 4 heteroatoms. The second-order valence-electron chi connectivity index (χ2n) is 4.39. The third kappa shape index (κ3) is 3.89. The highest BCUT2D eigenvalue weighted by molar-refractivity contribution is 9.10. The predicted molar refractivity (Wildman–Crippen MR) is 76.9 cm³/mol. The summed E-state index contributed by atoms with van der Waals surface area (Å²) in [5, 5.41) is 9.36. The number of nitrogens with zero attached hydrogens (tertiary/aromatic N) is 1. The molecule has 0 bridgehead atoms. The van der Waals surface area contributed by atoms with E-state index in [9.17, 15) is 9.90 Å². The molecule has 2 aromatic rings. The summed E-state index contributed by atoms with van der Waals surface area (Å²) < 4.78 is 0.955. The Hall–Kier alpha value is -1.68. The molecular weight excluding hydrogens is 306 g/mol. The second-order valence-corrected chi connectivity index (χ2v) is 5.24. The molecule has 19 heavy (non-hydrogen) atoms. The number of hydrogen-bond acceptors (Lipinski definition) is 2. The molecule has 0 fully saturated rings. The minimum absolute atomic E-state index is 0.430. The fourth-order valence-electron chi connectivity index (χ4n) is 1.98. The van der Waals surface area contributed by atoms with Crippen molar-refractivity contribution < 1.29 is 9.90 Å². The van der Waals surface area contributed by atoms with Crippen molar-refractivity contribution in [3.8, 4) is 0 Å². The van der Waals surface area contributed by atoms with Gasteiger partial charge in [0.05, 0.1) is 5.92 Å². The highest BCUT2D eigenvalue weighted by atomic mass is 79.9. The maximum absolute atomic E-state index is 11.4. The van der Waals surface area contributed by atoms with E-state index in [0.717, 1.165) is 15.6 Å². The molecule has 1 heterocycles. The highest BCUT2D eigenvalue weighted by Gasteiger charge is 2.19. The van der Waals surface area contributed by atoms with Crippen LogP contribution in [0.15, 0.2) is 53.3 Å². The monoisotopic (exact) mass is 319 g/mol. The van der Waals surface area contributed by atoms with E-state index in [0.29, 0.717) is 12.8 Å². The lowest BCUT2D eigenvalue weighted by Gasteiger charge is -2.13. The molecule has 0 saturated heterocycles. The molecular formula is C15H14BrNO2. The van der Waals surface area contributed by atoms with Gasteiger partial charge in [-0.2, -0.15) is 0 Å². The summed E-state index contributed by atoms with van der Waals surface area (Å²) >= 11 is 3.46. The van der Waals surface area contributed by atoms with Gasteiger partial charge in [-0.3, -0.25) is 9.78 Å². The van der Waals surface area contributed by atoms with Crippen molar-refractivity contribution in [2.45, 2.75) is 12.8 Å². The van der Waals surface area contributed by atoms with Crippen LogP contribution in [0.3, 0.4) is 0 Å². The number of carboxylic acids is 1. The van der Waals surface area contributed by atoms with Crippen LogP contribution < -0.4 is 0 Å². The number of carbonyl (C=O) groups is 1. The van der Waals surface area contributed by atoms with Gasteiger partial charge in [0.2, 0.25) is 0 Å². The maximum atomic E-state index is 11.4. The zero-order valence-corrected chi connectivity index (χ0v) is 11.9. The molecule has 0 radical (unpaired) electrons. The first kappa shape index (κ1) is 13.7. The summed E-state index contributed by atoms with van der Waals surface area (Å²) in [7, 11) is 0. The first-order valence-electron chi connectivity index (χ1n) is 6.02. The minimum atomic E-state index is -0.771. The number of halogens is 1. The molecule has 3 nitrogen and oxygen atoms in total. The smallest absolute Gasteiger partial charge is 0.307 e. The summed E-state index contributed by atoms with van der Waals surface area (Å²) in [6, 6.07) is 11.4. The van der Waals surface area contributed by atoms with Crippen molar-refractivity contribution in [2.24, 2.45) is 5.92 Å². The van der Waals surface area contributed by atoms with Gasteiger partial charge in [0.15, 0.2) is 0 Å². The van der Waals surface area contributed by atoms with Gasteiger partial charge in [0.25, 0.3) is 0 Å². The summed E-state index contributed by atoms with van der Waals surface area (Å²) in [5.74, 6) is -1.20. The highest BCUT2D eigenvalue weighted by Crippen LogP contribution is 2.21. The number of carboxylic acid groups (broad SMARTS) is 1. The van der Waals surface area contributed by atoms with Crippen LogP contribution in [0.25, 0.3) is 0 Å². The van der Waals surface area contributed by atoms with E-state index in [-0.39, 0.29) is 0 Å². The Morgan fingerprint density at radius 3 is 2.47 bits per heavy atom. The van der Waals surface area contributed by atoms with E-state index in [4.69, 9.17) is 0 Å². The summed E-state index contributed by atoms with van der Waals surface area (Å²) in [5.41, 5.74) is 2.01. The largest absolute Gasteiger partial charge is 0.481 e. The van der Waals surface area contributed by atoms with Crippen LogP contribution >= 0.6 is 15.9 Å². The van der Waals surface area contributed by atoms with Crippen molar-refractivity contribution in [3.63, 3.8) is 0 Å². The molecule has 1 atom stereocenters. The first-order valence-corrected chi connectivity index (χ1v) is 6.81. The van der Waals surface area contributed by atoms with E-state index in [1.165, 1.54) is 0 Å². The van der Waals surface area contributed by atoms with Crippen LogP contribution in [0.4, 0.5) is 0 Å². The number of benzene rings is 1. The van der Waals surface area contributed by atoms with Gasteiger partial charge in [-0.1, -0.05) is 34.1 Å². The lowest BCUT2D eigenvalue weighted by molar-refractivity contribution is -0.141. The molecule has 98 valence electrons. The topological polar surface area (TPSA) is 50.2 Å². The van der Waals surface area contributed by atoms with Gasteiger partial charge < -0.3 is 5.11 Å². The van der Waals surface area contributed by atoms with Gasteiger partial charge in [0.1, 0.15) is 0 Å². The van der Waals surface area contributed by atoms with Gasteiger partial charge >= 0.3 is 5.97 Å². The minimum Gasteiger partial charge on any atom is -0.481 e. The molecule has 1 N–H and O–H groups in total. The maximum Gasteiger partial charge on any atom is 0.307 e. The predicted octanol–water partition coefficient (Wildman–Crippen LogP) is 3.33. The Labute approximate surface area is 120 Å². The standard InChI is InChI=1S/C15H14BrNO2/c16-14-4-2-1-3-12(14)10-13(15(18)19)9-11-5-7-17-8-6-11/h1-8,13H,9-10H2,(H,18,19). The molecule has 1 aromatic heterocycles. The molecule has 0 aliphatic heterocycles. The SMILES string of the molecule is O=C(O)C(Cc1ccncc1)Cc1ccccc1Br. The van der Waals surface area contributed by atoms with Crippen molar-refractivity contribution >= 4 is 21.9 Å². The third-order valence-corrected chi connectivity index (χ3v) is 3.78. The van der Waals surface area contributed by atoms with Crippen LogP contribution in [-0.4, -0.2) is 16.1 Å². The zero-order chi connectivity index (χ0) is 13.7. The van der Waals surface area contributed by atoms with Gasteiger partial charge in [0, 0.05) is 16.9 Å². The van der Waals surface area contributed by atoms with Gasteiger partial charge in [-0.15, -0.1) is 0 Å². The molecule has 2 rings (SSSR count). The number of hydrogen-bond donors (Lipinski definition) is 1. The summed E-state index contributed by atoms with van der Waals surface area (Å²) in [6.45, 7) is 0. The van der Waals surface area contributed by atoms with Crippen LogP contribution in [0.2, 0.25) is 0 Å². The molecule has 1 aromatic carbocycles. The molecule has 1 unspecified atom stereocenters. The molecule has 0 aliphatic carbocycles. The van der Waals surface area contributed by atoms with Crippen molar-refractivity contribution in [1.82, 2.24) is 4.98 Å². The third-order valence-electron chi connectivity index (χ3n) is 3.00. The zero-order valence-electron chi connectivity index (χ0n) is 10.3. The fraction of sp³-hybridized carbons (Fsp3) is 0.200. The average Bonchev–Trinajstić information content (AvgIpc) is 2.41. The second kappa shape index (κ2) is 6.48. The Bertz CT molecular complexity index is 557. The van der Waals surface area contributed by atoms with Crippen LogP contribution in [0.1, 0.15) is 11.1 Å². The van der Waals surface area contributed by atoms with Crippen LogP contribution in [0.5, 0.6) is 0 Å². The van der Waals surface area contributed by atoms with E-state index in [1.807, 2.05) is 36.4 Å². The Kier molecular flexibility index (Phi) is 4.68. The quantitative estimate of drug-likeness (QED) is 0.919. The Balaban J connectivity index is 2.13. The van der Waals surface area contributed by atoms with Crippen molar-refractivity contribution in [2.75, 3.05) is 0 Å². The van der Waals surface area contributed by atoms with E-state index >= 15 is 0 Å². The molecule has 0 spiro atoms. The van der Waals surface area contributed by atoms with Crippen molar-refractivity contribution in [1.29, 1.82) is 0 Å². The van der Waals surface area contributed by atoms with E-state index in [2.05, 4.69) is 20.9 Å². The molecule has 0 saturated carbocycles. The summed E-state index contributed by atoms with van der Waals surface area (Å²) in [4.78, 5) is 15.3. The number of aliphatic carboxylic acids is 1. The Morgan fingerprint density at radius 2 is 1.84 bits per heavy atom. The Morgan fingerprint density at radius 1 is 1.16 bits per heavy atom. The molecule has 0 amide bonds. The van der Waals surface area contributed by atoms with Gasteiger partial charge in [-0.05, 0) is 42.2 Å². The first-order chi connectivity index (χ1) is 9.16. The normalized spacial score (nSPS) is 12.1. The number of pyridine rings is 1. The summed E-state index contributed by atoms with van der Waals surface area (Å²) in [6.07, 6.45) is 4.40. The van der Waals surface area contributed by atoms with Crippen LogP contribution in [-0.2, 0) is 17.6 Å². The van der Waals surface area contributed by atoms with Crippen LogP contribution in [0, 0.1) is 5.92 Å². The lowest BCUT2D eigenvalue weighted by atomic mass is 9.93. The lowest BCUT2D eigenvalue weighted by Crippen LogP contribution is -2.19. The number of rotatable bonds is 5. The van der Waals surface area contributed by atoms with E-state index in [1.54, 1.807) is 12.4 Å². The fourth-order valence-corrected chi connectivity index (χ4v) is 2.43. The number of aromatic nitrogens is 1. The average molecular weight is 320 g/mol.